The van der Waals surface area contributed by atoms with Crippen molar-refractivity contribution < 1.29 is 4.79 Å². The minimum Gasteiger partial charge on any atom is -0.319 e. The molecule has 0 bridgehead atoms. The van der Waals surface area contributed by atoms with E-state index in [4.69, 9.17) is 4.98 Å². The smallest absolute Gasteiger partial charge is 0.256 e. The molecular weight excluding hydrogens is 366 g/mol. The van der Waals surface area contributed by atoms with Gasteiger partial charge in [-0.25, -0.2) is 19.3 Å². The lowest BCUT2D eigenvalue weighted by molar-refractivity contribution is 0.102. The van der Waals surface area contributed by atoms with Crippen molar-refractivity contribution in [2.45, 2.75) is 38.6 Å². The van der Waals surface area contributed by atoms with Gasteiger partial charge < -0.3 is 5.32 Å². The lowest BCUT2D eigenvalue weighted by atomic mass is 10.1. The Kier molecular flexibility index (Phi) is 4.12. The number of hydrogen-bond acceptors (Lipinski definition) is 5. The first-order chi connectivity index (χ1) is 14.1. The van der Waals surface area contributed by atoms with E-state index < -0.39 is 0 Å². The highest BCUT2D eigenvalue weighted by Gasteiger charge is 2.28. The van der Waals surface area contributed by atoms with Gasteiger partial charge in [0.15, 0.2) is 11.5 Å². The van der Waals surface area contributed by atoms with E-state index in [0.717, 1.165) is 29.6 Å². The Balaban J connectivity index is 1.57. The number of carbonyl (C=O) groups is 1. The monoisotopic (exact) mass is 387 g/mol. The van der Waals surface area contributed by atoms with E-state index in [2.05, 4.69) is 34.3 Å². The van der Waals surface area contributed by atoms with E-state index in [1.165, 1.54) is 0 Å². The van der Waals surface area contributed by atoms with Crippen LogP contribution in [-0.2, 0) is 0 Å². The molecule has 0 spiro atoms. The summed E-state index contributed by atoms with van der Waals surface area (Å²) in [6.07, 6.45) is 9.10. The van der Waals surface area contributed by atoms with Gasteiger partial charge in [-0.3, -0.25) is 4.79 Å². The molecule has 146 valence electrons. The van der Waals surface area contributed by atoms with E-state index in [1.54, 1.807) is 35.5 Å². The lowest BCUT2D eigenvalue weighted by Crippen LogP contribution is -2.16. The van der Waals surface area contributed by atoms with Gasteiger partial charge in [-0.15, -0.1) is 0 Å². The Labute approximate surface area is 167 Å². The van der Waals surface area contributed by atoms with E-state index in [0.29, 0.717) is 23.0 Å². The quantitative estimate of drug-likeness (QED) is 0.564. The number of nitrogens with zero attached hydrogens (tertiary/aromatic N) is 6. The van der Waals surface area contributed by atoms with Gasteiger partial charge in [0.2, 0.25) is 0 Å². The highest BCUT2D eigenvalue weighted by atomic mass is 16.1. The molecule has 1 fully saturated rings. The minimum absolute atomic E-state index is 0.162. The molecule has 1 aliphatic rings. The van der Waals surface area contributed by atoms with Crippen molar-refractivity contribution in [3.63, 3.8) is 0 Å². The van der Waals surface area contributed by atoms with Crippen LogP contribution < -0.4 is 5.32 Å². The summed E-state index contributed by atoms with van der Waals surface area (Å²) in [5.74, 6) is 0.792. The van der Waals surface area contributed by atoms with Crippen LogP contribution in [0.1, 0.15) is 54.7 Å². The number of amides is 1. The van der Waals surface area contributed by atoms with Crippen LogP contribution in [0.25, 0.3) is 16.9 Å². The average molecular weight is 387 g/mol. The van der Waals surface area contributed by atoms with Crippen LogP contribution in [-0.4, -0.2) is 35.4 Å². The number of hydrogen-bond donors (Lipinski definition) is 1. The van der Waals surface area contributed by atoms with Crippen LogP contribution >= 0.6 is 0 Å². The molecule has 1 N–H and O–H groups in total. The molecule has 4 aromatic heterocycles. The van der Waals surface area contributed by atoms with Gasteiger partial charge in [0.25, 0.3) is 5.91 Å². The second-order valence-electron chi connectivity index (χ2n) is 7.57. The van der Waals surface area contributed by atoms with Crippen molar-refractivity contribution in [3.8, 4) is 5.82 Å². The molecule has 1 aliphatic carbocycles. The Morgan fingerprint density at radius 2 is 2.07 bits per heavy atom. The summed E-state index contributed by atoms with van der Waals surface area (Å²) in [7, 11) is 0. The predicted octanol–water partition coefficient (Wildman–Crippen LogP) is 3.72. The summed E-state index contributed by atoms with van der Waals surface area (Å²) >= 11 is 0. The maximum Gasteiger partial charge on any atom is 0.256 e. The van der Waals surface area contributed by atoms with Gasteiger partial charge >= 0.3 is 0 Å². The Hall–Kier alpha value is -3.55. The predicted molar refractivity (Wildman–Crippen MR) is 109 cm³/mol. The summed E-state index contributed by atoms with van der Waals surface area (Å²) in [6, 6.07) is 7.49. The standard InChI is InChI=1S/C21H21N7O/c1-13(2)28-19-16(12-24-28)15(11-18(25-19)14-6-7-14)21(29)26-17-5-3-8-22-20(17)27-10-4-9-23-27/h3-5,8-14H,6-7H2,1-2H3,(H,26,29). The zero-order valence-electron chi connectivity index (χ0n) is 16.3. The third-order valence-corrected chi connectivity index (χ3v) is 5.07. The molecule has 1 amide bonds. The molecule has 4 heterocycles. The number of nitrogens with one attached hydrogen (secondary N) is 1. The minimum atomic E-state index is -0.205. The summed E-state index contributed by atoms with van der Waals surface area (Å²) in [5.41, 5.74) is 2.89. The first-order valence-corrected chi connectivity index (χ1v) is 9.76. The molecule has 0 atom stereocenters. The number of pyridine rings is 2. The molecule has 29 heavy (non-hydrogen) atoms. The molecule has 0 unspecified atom stereocenters. The van der Waals surface area contributed by atoms with Crippen LogP contribution in [0, 0.1) is 0 Å². The highest BCUT2D eigenvalue weighted by molar-refractivity contribution is 6.12. The van der Waals surface area contributed by atoms with Crippen molar-refractivity contribution >= 4 is 22.6 Å². The molecule has 1 saturated carbocycles. The molecule has 0 aromatic carbocycles. The lowest BCUT2D eigenvalue weighted by Gasteiger charge is -2.12. The Morgan fingerprint density at radius 3 is 2.79 bits per heavy atom. The fourth-order valence-corrected chi connectivity index (χ4v) is 3.45. The van der Waals surface area contributed by atoms with Gasteiger partial charge in [0, 0.05) is 36.2 Å². The third-order valence-electron chi connectivity index (χ3n) is 5.07. The van der Waals surface area contributed by atoms with E-state index in [1.807, 2.05) is 22.9 Å². The van der Waals surface area contributed by atoms with Crippen LogP contribution in [0.5, 0.6) is 0 Å². The van der Waals surface area contributed by atoms with Gasteiger partial charge in [-0.1, -0.05) is 0 Å². The van der Waals surface area contributed by atoms with Crippen molar-refractivity contribution in [2.24, 2.45) is 0 Å². The second kappa shape index (κ2) is 6.80. The molecule has 0 radical (unpaired) electrons. The SMILES string of the molecule is CC(C)n1ncc2c(C(=O)Nc3cccnc3-n3cccn3)cc(C3CC3)nc21. The maximum atomic E-state index is 13.3. The van der Waals surface area contributed by atoms with Crippen LogP contribution in [0.15, 0.2) is 49.1 Å². The maximum absolute atomic E-state index is 13.3. The molecule has 5 rings (SSSR count). The fourth-order valence-electron chi connectivity index (χ4n) is 3.45. The summed E-state index contributed by atoms with van der Waals surface area (Å²) < 4.78 is 3.50. The van der Waals surface area contributed by atoms with E-state index in [9.17, 15) is 4.79 Å². The third kappa shape index (κ3) is 3.16. The highest BCUT2D eigenvalue weighted by Crippen LogP contribution is 2.40. The van der Waals surface area contributed by atoms with Gasteiger partial charge in [-0.2, -0.15) is 10.2 Å². The molecular formula is C21H21N7O. The fraction of sp³-hybridized carbons (Fsp3) is 0.286. The van der Waals surface area contributed by atoms with Crippen molar-refractivity contribution in [3.05, 3.63) is 60.3 Å². The van der Waals surface area contributed by atoms with Crippen LogP contribution in [0.2, 0.25) is 0 Å². The van der Waals surface area contributed by atoms with Crippen LogP contribution in [0.3, 0.4) is 0 Å². The number of fused-ring (bicyclic) bond motifs is 1. The molecule has 0 saturated heterocycles. The first kappa shape index (κ1) is 17.5. The zero-order chi connectivity index (χ0) is 20.0. The Bertz CT molecular complexity index is 1190. The topological polar surface area (TPSA) is 90.5 Å². The van der Waals surface area contributed by atoms with Crippen LogP contribution in [0.4, 0.5) is 5.69 Å². The normalized spacial score (nSPS) is 13.9. The van der Waals surface area contributed by atoms with Gasteiger partial charge in [0.05, 0.1) is 22.8 Å². The zero-order valence-corrected chi connectivity index (χ0v) is 16.3. The largest absolute Gasteiger partial charge is 0.319 e. The van der Waals surface area contributed by atoms with Crippen molar-refractivity contribution in [1.29, 1.82) is 0 Å². The summed E-state index contributed by atoms with van der Waals surface area (Å²) in [6.45, 7) is 4.12. The summed E-state index contributed by atoms with van der Waals surface area (Å²) in [5, 5.41) is 12.5. The molecule has 8 nitrogen and oxygen atoms in total. The molecule has 0 aliphatic heterocycles. The summed E-state index contributed by atoms with van der Waals surface area (Å²) in [4.78, 5) is 22.5. The van der Waals surface area contributed by atoms with Gasteiger partial charge in [0.1, 0.15) is 0 Å². The molecule has 8 heteroatoms. The van der Waals surface area contributed by atoms with Crippen molar-refractivity contribution in [1.82, 2.24) is 29.5 Å². The number of rotatable bonds is 5. The van der Waals surface area contributed by atoms with E-state index in [-0.39, 0.29) is 11.9 Å². The molecule has 4 aromatic rings. The van der Waals surface area contributed by atoms with Crippen molar-refractivity contribution in [2.75, 3.05) is 5.32 Å². The number of aromatic nitrogens is 6. The Morgan fingerprint density at radius 1 is 1.21 bits per heavy atom. The first-order valence-electron chi connectivity index (χ1n) is 9.76. The second-order valence-corrected chi connectivity index (χ2v) is 7.57. The average Bonchev–Trinajstić information content (AvgIpc) is 3.25. The number of anilines is 1. The van der Waals surface area contributed by atoms with Gasteiger partial charge in [-0.05, 0) is 51.0 Å². The van der Waals surface area contributed by atoms with E-state index >= 15 is 0 Å². The number of carbonyl (C=O) groups excluding carboxylic acids is 1.